The molecule has 0 N–H and O–H groups in total. The minimum atomic E-state index is 0.0387. The third kappa shape index (κ3) is 1.69. The van der Waals surface area contributed by atoms with Crippen molar-refractivity contribution in [2.75, 3.05) is 13.2 Å². The topological polar surface area (TPSA) is 18.5 Å². The molecule has 0 spiro atoms. The lowest BCUT2D eigenvalue weighted by molar-refractivity contribution is -0.0997. The van der Waals surface area contributed by atoms with Gasteiger partial charge < -0.3 is 9.47 Å². The van der Waals surface area contributed by atoms with Crippen LogP contribution >= 0.6 is 0 Å². The molecule has 0 aromatic heterocycles. The summed E-state index contributed by atoms with van der Waals surface area (Å²) in [4.78, 5) is 0. The molecular formula is C8H12O2. The number of ether oxygens (including phenoxy) is 2. The molecular weight excluding hydrogens is 128 g/mol. The standard InChI is InChI=1S/C8H12O2/c1-3-7-5-9-6-8(4-2)10-7/h3-4,7-8H,1-2,5-6H2. The largest absolute Gasteiger partial charge is 0.375 e. The van der Waals surface area contributed by atoms with Gasteiger partial charge >= 0.3 is 0 Å². The first-order valence-electron chi connectivity index (χ1n) is 3.35. The zero-order chi connectivity index (χ0) is 7.40. The zero-order valence-electron chi connectivity index (χ0n) is 5.95. The van der Waals surface area contributed by atoms with Gasteiger partial charge in [0, 0.05) is 0 Å². The molecule has 0 saturated carbocycles. The van der Waals surface area contributed by atoms with Crippen molar-refractivity contribution in [1.82, 2.24) is 0 Å². The molecule has 1 rings (SSSR count). The second-order valence-corrected chi connectivity index (χ2v) is 2.22. The fourth-order valence-corrected chi connectivity index (χ4v) is 0.851. The van der Waals surface area contributed by atoms with E-state index in [-0.39, 0.29) is 12.2 Å². The molecule has 10 heavy (non-hydrogen) atoms. The Kier molecular flexibility index (Phi) is 2.66. The molecule has 56 valence electrons. The third-order valence-electron chi connectivity index (χ3n) is 1.44. The van der Waals surface area contributed by atoms with E-state index in [0.29, 0.717) is 13.2 Å². The number of hydrogen-bond donors (Lipinski definition) is 0. The van der Waals surface area contributed by atoms with E-state index in [2.05, 4.69) is 13.2 Å². The molecule has 2 heteroatoms. The molecule has 1 saturated heterocycles. The second-order valence-electron chi connectivity index (χ2n) is 2.22. The molecule has 1 fully saturated rings. The Morgan fingerprint density at radius 3 is 2.00 bits per heavy atom. The van der Waals surface area contributed by atoms with Crippen molar-refractivity contribution in [3.8, 4) is 0 Å². The Morgan fingerprint density at radius 2 is 1.60 bits per heavy atom. The van der Waals surface area contributed by atoms with Crippen molar-refractivity contribution >= 4 is 0 Å². The maximum absolute atomic E-state index is 5.42. The Balaban J connectivity index is 2.38. The van der Waals surface area contributed by atoms with Gasteiger partial charge in [0.05, 0.1) is 25.4 Å². The summed E-state index contributed by atoms with van der Waals surface area (Å²) in [6.45, 7) is 8.47. The van der Waals surface area contributed by atoms with Gasteiger partial charge in [-0.1, -0.05) is 12.2 Å². The average molecular weight is 140 g/mol. The van der Waals surface area contributed by atoms with Gasteiger partial charge in [-0.2, -0.15) is 0 Å². The average Bonchev–Trinajstić information content (AvgIpc) is 2.05. The van der Waals surface area contributed by atoms with Crippen LogP contribution in [0.15, 0.2) is 25.3 Å². The van der Waals surface area contributed by atoms with E-state index >= 15 is 0 Å². The summed E-state index contributed by atoms with van der Waals surface area (Å²) in [6.07, 6.45) is 3.57. The summed E-state index contributed by atoms with van der Waals surface area (Å²) < 4.78 is 10.6. The van der Waals surface area contributed by atoms with E-state index in [0.717, 1.165) is 0 Å². The molecule has 0 bridgehead atoms. The normalized spacial score (nSPS) is 33.2. The number of rotatable bonds is 2. The summed E-state index contributed by atoms with van der Waals surface area (Å²) >= 11 is 0. The molecule has 0 aliphatic carbocycles. The Hall–Kier alpha value is -0.600. The predicted molar refractivity (Wildman–Crippen MR) is 39.9 cm³/mol. The zero-order valence-corrected chi connectivity index (χ0v) is 5.95. The Bertz CT molecular complexity index is 117. The van der Waals surface area contributed by atoms with Crippen LogP contribution in [0.2, 0.25) is 0 Å². The molecule has 2 atom stereocenters. The lowest BCUT2D eigenvalue weighted by atomic mass is 10.3. The summed E-state index contributed by atoms with van der Waals surface area (Å²) in [5.41, 5.74) is 0. The van der Waals surface area contributed by atoms with E-state index in [1.54, 1.807) is 12.2 Å². The molecule has 0 aromatic rings. The summed E-state index contributed by atoms with van der Waals surface area (Å²) in [7, 11) is 0. The van der Waals surface area contributed by atoms with Crippen LogP contribution in [-0.4, -0.2) is 25.4 Å². The fraction of sp³-hybridized carbons (Fsp3) is 0.500. The van der Waals surface area contributed by atoms with Gasteiger partial charge in [-0.15, -0.1) is 13.2 Å². The SMILES string of the molecule is C=CC1COCC(C=C)O1. The van der Waals surface area contributed by atoms with Crippen LogP contribution in [0.25, 0.3) is 0 Å². The first-order chi connectivity index (χ1) is 4.86. The van der Waals surface area contributed by atoms with Crippen molar-refractivity contribution in [2.45, 2.75) is 12.2 Å². The maximum Gasteiger partial charge on any atom is 0.0995 e. The van der Waals surface area contributed by atoms with Gasteiger partial charge in [-0.3, -0.25) is 0 Å². The van der Waals surface area contributed by atoms with Crippen molar-refractivity contribution in [3.63, 3.8) is 0 Å². The van der Waals surface area contributed by atoms with Gasteiger partial charge in [0.25, 0.3) is 0 Å². The van der Waals surface area contributed by atoms with Crippen molar-refractivity contribution in [2.24, 2.45) is 0 Å². The molecule has 2 unspecified atom stereocenters. The fourth-order valence-electron chi connectivity index (χ4n) is 0.851. The molecule has 2 nitrogen and oxygen atoms in total. The van der Waals surface area contributed by atoms with Crippen molar-refractivity contribution < 1.29 is 9.47 Å². The second kappa shape index (κ2) is 3.54. The lowest BCUT2D eigenvalue weighted by Gasteiger charge is -2.25. The van der Waals surface area contributed by atoms with Gasteiger partial charge in [-0.25, -0.2) is 0 Å². The predicted octanol–water partition coefficient (Wildman–Crippen LogP) is 1.14. The van der Waals surface area contributed by atoms with Crippen LogP contribution in [0, 0.1) is 0 Å². The van der Waals surface area contributed by atoms with Crippen LogP contribution in [0.5, 0.6) is 0 Å². The van der Waals surface area contributed by atoms with Gasteiger partial charge in [0.2, 0.25) is 0 Å². The molecule has 0 aromatic carbocycles. The van der Waals surface area contributed by atoms with E-state index in [1.165, 1.54) is 0 Å². The summed E-state index contributed by atoms with van der Waals surface area (Å²) in [5.74, 6) is 0. The lowest BCUT2D eigenvalue weighted by Crippen LogP contribution is -2.33. The van der Waals surface area contributed by atoms with Crippen LogP contribution in [0.1, 0.15) is 0 Å². The first kappa shape index (κ1) is 7.51. The first-order valence-corrected chi connectivity index (χ1v) is 3.35. The molecule has 0 amide bonds. The highest BCUT2D eigenvalue weighted by atomic mass is 16.6. The van der Waals surface area contributed by atoms with Gasteiger partial charge in [0.1, 0.15) is 0 Å². The van der Waals surface area contributed by atoms with Gasteiger partial charge in [-0.05, 0) is 0 Å². The van der Waals surface area contributed by atoms with Crippen LogP contribution < -0.4 is 0 Å². The molecule has 1 heterocycles. The van der Waals surface area contributed by atoms with Crippen LogP contribution in [0.3, 0.4) is 0 Å². The maximum atomic E-state index is 5.42. The molecule has 0 radical (unpaired) electrons. The van der Waals surface area contributed by atoms with Crippen LogP contribution in [0.4, 0.5) is 0 Å². The highest BCUT2D eigenvalue weighted by Crippen LogP contribution is 2.08. The van der Waals surface area contributed by atoms with Crippen LogP contribution in [-0.2, 0) is 9.47 Å². The van der Waals surface area contributed by atoms with E-state index < -0.39 is 0 Å². The van der Waals surface area contributed by atoms with Crippen molar-refractivity contribution in [1.29, 1.82) is 0 Å². The Morgan fingerprint density at radius 1 is 1.10 bits per heavy atom. The molecule has 1 aliphatic rings. The minimum absolute atomic E-state index is 0.0387. The molecule has 1 aliphatic heterocycles. The number of hydrogen-bond acceptors (Lipinski definition) is 2. The summed E-state index contributed by atoms with van der Waals surface area (Å²) in [5, 5.41) is 0. The van der Waals surface area contributed by atoms with Gasteiger partial charge in [0.15, 0.2) is 0 Å². The minimum Gasteiger partial charge on any atom is -0.375 e. The Labute approximate surface area is 61.1 Å². The van der Waals surface area contributed by atoms with E-state index in [1.807, 2.05) is 0 Å². The van der Waals surface area contributed by atoms with E-state index in [4.69, 9.17) is 9.47 Å². The monoisotopic (exact) mass is 140 g/mol. The highest BCUT2D eigenvalue weighted by Gasteiger charge is 2.17. The smallest absolute Gasteiger partial charge is 0.0995 e. The third-order valence-corrected chi connectivity index (χ3v) is 1.44. The highest BCUT2D eigenvalue weighted by molar-refractivity contribution is 4.89. The van der Waals surface area contributed by atoms with Crippen molar-refractivity contribution in [3.05, 3.63) is 25.3 Å². The summed E-state index contributed by atoms with van der Waals surface area (Å²) in [6, 6.07) is 0. The quantitative estimate of drug-likeness (QED) is 0.535. The van der Waals surface area contributed by atoms with E-state index in [9.17, 15) is 0 Å².